The number of hydrogen-bond donors (Lipinski definition) is 2. The third-order valence-electron chi connectivity index (χ3n) is 4.41. The second-order valence-corrected chi connectivity index (χ2v) is 7.32. The van der Waals surface area contributed by atoms with Gasteiger partial charge in [-0.1, -0.05) is 6.92 Å². The Hall–Kier alpha value is -1.50. The number of aliphatic hydroxyl groups is 1. The van der Waals surface area contributed by atoms with Crippen molar-refractivity contribution in [2.24, 2.45) is 5.92 Å². The average Bonchev–Trinajstić information content (AvgIpc) is 3.02. The Kier molecular flexibility index (Phi) is 5.25. The minimum absolute atomic E-state index is 0.181. The first-order chi connectivity index (χ1) is 11.1. The summed E-state index contributed by atoms with van der Waals surface area (Å²) >= 11 is 1.57. The van der Waals surface area contributed by atoms with Gasteiger partial charge in [-0.3, -0.25) is 9.78 Å². The first-order valence-corrected chi connectivity index (χ1v) is 9.01. The van der Waals surface area contributed by atoms with E-state index in [2.05, 4.69) is 22.1 Å². The molecule has 1 saturated heterocycles. The molecule has 0 aliphatic carbocycles. The van der Waals surface area contributed by atoms with Gasteiger partial charge < -0.3 is 15.3 Å². The molecule has 1 aliphatic heterocycles. The lowest BCUT2D eigenvalue weighted by molar-refractivity contribution is 0.0795. The molecule has 0 radical (unpaired) electrons. The third kappa shape index (κ3) is 4.28. The van der Waals surface area contributed by atoms with E-state index < -0.39 is 6.10 Å². The standard InChI is InChI=1S/C17H23N3O2S/c1-12-2-5-20(6-3-12)11-14(21)10-19-17(22)13-8-16-15(18-9-13)4-7-23-16/h4,7-9,12,14,21H,2-3,5-6,10-11H2,1H3,(H,19,22)/t14-/m0/s1. The zero-order chi connectivity index (χ0) is 16.2. The van der Waals surface area contributed by atoms with Crippen LogP contribution in [0.3, 0.4) is 0 Å². The normalized spacial score (nSPS) is 18.2. The number of β-amino-alcohol motifs (C(OH)–C–C–N with tert-alkyl or cyclic N) is 1. The maximum absolute atomic E-state index is 12.2. The number of carbonyl (C=O) groups excluding carboxylic acids is 1. The summed E-state index contributed by atoms with van der Waals surface area (Å²) in [6, 6.07) is 3.78. The number of pyridine rings is 1. The van der Waals surface area contributed by atoms with Gasteiger partial charge in [0.05, 0.1) is 21.9 Å². The lowest BCUT2D eigenvalue weighted by atomic mass is 9.99. The molecule has 2 aromatic rings. The molecular weight excluding hydrogens is 310 g/mol. The summed E-state index contributed by atoms with van der Waals surface area (Å²) in [5.74, 6) is 0.599. The summed E-state index contributed by atoms with van der Waals surface area (Å²) < 4.78 is 1.00. The smallest absolute Gasteiger partial charge is 0.252 e. The molecule has 0 unspecified atom stereocenters. The van der Waals surface area contributed by atoms with Crippen molar-refractivity contribution in [2.45, 2.75) is 25.9 Å². The van der Waals surface area contributed by atoms with Crippen LogP contribution in [0.1, 0.15) is 30.1 Å². The summed E-state index contributed by atoms with van der Waals surface area (Å²) in [7, 11) is 0. The van der Waals surface area contributed by atoms with Gasteiger partial charge in [0.1, 0.15) is 0 Å². The van der Waals surface area contributed by atoms with E-state index in [4.69, 9.17) is 0 Å². The zero-order valence-electron chi connectivity index (χ0n) is 13.4. The van der Waals surface area contributed by atoms with Crippen LogP contribution in [0.15, 0.2) is 23.7 Å². The molecule has 0 aromatic carbocycles. The van der Waals surface area contributed by atoms with Crippen LogP contribution < -0.4 is 5.32 Å². The fourth-order valence-corrected chi connectivity index (χ4v) is 3.67. The predicted molar refractivity (Wildman–Crippen MR) is 92.8 cm³/mol. The Morgan fingerprint density at radius 3 is 3.09 bits per heavy atom. The third-order valence-corrected chi connectivity index (χ3v) is 5.26. The highest BCUT2D eigenvalue weighted by molar-refractivity contribution is 7.17. The summed E-state index contributed by atoms with van der Waals surface area (Å²) in [6.07, 6.45) is 3.42. The van der Waals surface area contributed by atoms with Crippen molar-refractivity contribution in [3.05, 3.63) is 29.3 Å². The maximum Gasteiger partial charge on any atom is 0.252 e. The average molecular weight is 333 g/mol. The van der Waals surface area contributed by atoms with Crippen LogP contribution >= 0.6 is 11.3 Å². The highest BCUT2D eigenvalue weighted by atomic mass is 32.1. The molecule has 6 heteroatoms. The number of amides is 1. The summed E-state index contributed by atoms with van der Waals surface area (Å²) in [6.45, 7) is 5.23. The van der Waals surface area contributed by atoms with Crippen LogP contribution in [0, 0.1) is 5.92 Å². The Bertz CT molecular complexity index is 665. The number of aliphatic hydroxyl groups excluding tert-OH is 1. The maximum atomic E-state index is 12.2. The first-order valence-electron chi connectivity index (χ1n) is 8.13. The van der Waals surface area contributed by atoms with E-state index in [0.29, 0.717) is 12.1 Å². The molecule has 0 bridgehead atoms. The van der Waals surface area contributed by atoms with Crippen LogP contribution in [-0.4, -0.2) is 53.2 Å². The minimum atomic E-state index is -0.536. The van der Waals surface area contributed by atoms with Crippen LogP contribution in [0.4, 0.5) is 0 Å². The summed E-state index contributed by atoms with van der Waals surface area (Å²) in [5, 5.41) is 14.9. The number of aromatic nitrogens is 1. The van der Waals surface area contributed by atoms with Crippen molar-refractivity contribution in [2.75, 3.05) is 26.2 Å². The van der Waals surface area contributed by atoms with Gasteiger partial charge >= 0.3 is 0 Å². The van der Waals surface area contributed by atoms with Gasteiger partial charge in [-0.15, -0.1) is 11.3 Å². The Morgan fingerprint density at radius 2 is 2.30 bits per heavy atom. The molecular formula is C17H23N3O2S. The molecule has 1 amide bonds. The Morgan fingerprint density at radius 1 is 1.52 bits per heavy atom. The largest absolute Gasteiger partial charge is 0.390 e. The number of carbonyl (C=O) groups is 1. The number of piperidine rings is 1. The van der Waals surface area contributed by atoms with E-state index >= 15 is 0 Å². The summed E-state index contributed by atoms with van der Waals surface area (Å²) in [5.41, 5.74) is 1.45. The number of hydrogen-bond acceptors (Lipinski definition) is 5. The molecule has 1 aliphatic rings. The van der Waals surface area contributed by atoms with Crippen LogP contribution in [0.25, 0.3) is 10.2 Å². The molecule has 2 N–H and O–H groups in total. The van der Waals surface area contributed by atoms with Crippen LogP contribution in [0.5, 0.6) is 0 Å². The zero-order valence-corrected chi connectivity index (χ0v) is 14.2. The van der Waals surface area contributed by atoms with Gasteiger partial charge in [0.2, 0.25) is 0 Å². The van der Waals surface area contributed by atoms with Gasteiger partial charge in [-0.25, -0.2) is 0 Å². The van der Waals surface area contributed by atoms with Crippen molar-refractivity contribution in [3.63, 3.8) is 0 Å². The van der Waals surface area contributed by atoms with Gasteiger partial charge in [0.25, 0.3) is 5.91 Å². The molecule has 1 fully saturated rings. The number of nitrogens with zero attached hydrogens (tertiary/aromatic N) is 2. The molecule has 0 spiro atoms. The monoisotopic (exact) mass is 333 g/mol. The van der Waals surface area contributed by atoms with Gasteiger partial charge in [-0.2, -0.15) is 0 Å². The van der Waals surface area contributed by atoms with E-state index in [-0.39, 0.29) is 12.5 Å². The van der Waals surface area contributed by atoms with Gasteiger partial charge in [-0.05, 0) is 49.4 Å². The second-order valence-electron chi connectivity index (χ2n) is 6.37. The topological polar surface area (TPSA) is 65.5 Å². The Balaban J connectivity index is 1.48. The molecule has 1 atom stereocenters. The molecule has 0 saturated carbocycles. The molecule has 124 valence electrons. The Labute approximate surface area is 140 Å². The van der Waals surface area contributed by atoms with Crippen molar-refractivity contribution < 1.29 is 9.90 Å². The summed E-state index contributed by atoms with van der Waals surface area (Å²) in [4.78, 5) is 18.7. The molecule has 23 heavy (non-hydrogen) atoms. The highest BCUT2D eigenvalue weighted by Crippen LogP contribution is 2.19. The van der Waals surface area contributed by atoms with Crippen LogP contribution in [-0.2, 0) is 0 Å². The van der Waals surface area contributed by atoms with E-state index in [1.807, 2.05) is 17.5 Å². The highest BCUT2D eigenvalue weighted by Gasteiger charge is 2.18. The van der Waals surface area contributed by atoms with Gasteiger partial charge in [0, 0.05) is 19.3 Å². The lowest BCUT2D eigenvalue weighted by Gasteiger charge is -2.31. The SMILES string of the molecule is CC1CCN(C[C@@H](O)CNC(=O)c2cnc3ccsc3c2)CC1. The molecule has 3 rings (SSSR count). The van der Waals surface area contributed by atoms with E-state index in [9.17, 15) is 9.90 Å². The first kappa shape index (κ1) is 16.4. The number of thiophene rings is 1. The van der Waals surface area contributed by atoms with Crippen molar-refractivity contribution >= 4 is 27.5 Å². The lowest BCUT2D eigenvalue weighted by Crippen LogP contribution is -2.43. The van der Waals surface area contributed by atoms with Crippen molar-refractivity contribution in [1.82, 2.24) is 15.2 Å². The number of nitrogens with one attached hydrogen (secondary N) is 1. The fraction of sp³-hybridized carbons (Fsp3) is 0.529. The number of likely N-dealkylation sites (tertiary alicyclic amines) is 1. The molecule has 5 nitrogen and oxygen atoms in total. The van der Waals surface area contributed by atoms with Gasteiger partial charge in [0.15, 0.2) is 0 Å². The quantitative estimate of drug-likeness (QED) is 0.880. The predicted octanol–water partition coefficient (Wildman–Crippen LogP) is 2.12. The number of rotatable bonds is 5. The van der Waals surface area contributed by atoms with E-state index in [1.54, 1.807) is 17.5 Å². The molecule has 3 heterocycles. The van der Waals surface area contributed by atoms with E-state index in [0.717, 1.165) is 29.2 Å². The fourth-order valence-electron chi connectivity index (χ4n) is 2.89. The minimum Gasteiger partial charge on any atom is -0.390 e. The molecule has 2 aromatic heterocycles. The number of fused-ring (bicyclic) bond motifs is 1. The van der Waals surface area contributed by atoms with E-state index in [1.165, 1.54) is 12.8 Å². The second kappa shape index (κ2) is 7.38. The van der Waals surface area contributed by atoms with Crippen LogP contribution in [0.2, 0.25) is 0 Å². The van der Waals surface area contributed by atoms with Crippen molar-refractivity contribution in [1.29, 1.82) is 0 Å². The van der Waals surface area contributed by atoms with Crippen molar-refractivity contribution in [3.8, 4) is 0 Å².